The van der Waals surface area contributed by atoms with E-state index in [4.69, 9.17) is 4.74 Å². The first-order valence-electron chi connectivity index (χ1n) is 9.22. The standard InChI is InChI=1S/C19H23F3N2O2/c20-19(21,22)14-1-2-16-15(11-14)17(25)18(23-16)5-7-24(8-6-18)12-13-3-9-26-10-4-13/h1-2,11,13,23H,3-10,12H2. The Hall–Kier alpha value is -1.60. The number of ether oxygens (including phenoxy) is 1. The van der Waals surface area contributed by atoms with Crippen LogP contribution in [0.15, 0.2) is 18.2 Å². The van der Waals surface area contributed by atoms with Gasteiger partial charge in [0.15, 0.2) is 5.78 Å². The van der Waals surface area contributed by atoms with Crippen molar-refractivity contribution in [2.45, 2.75) is 37.4 Å². The van der Waals surface area contributed by atoms with E-state index < -0.39 is 17.3 Å². The van der Waals surface area contributed by atoms with Gasteiger partial charge in [-0.15, -0.1) is 0 Å². The van der Waals surface area contributed by atoms with Crippen LogP contribution in [0.3, 0.4) is 0 Å². The predicted octanol–water partition coefficient (Wildman–Crippen LogP) is 3.57. The van der Waals surface area contributed by atoms with Gasteiger partial charge in [0.05, 0.1) is 5.56 Å². The van der Waals surface area contributed by atoms with E-state index in [2.05, 4.69) is 10.2 Å². The monoisotopic (exact) mass is 368 g/mol. The third-order valence-electron chi connectivity index (χ3n) is 5.97. The molecule has 3 aliphatic heterocycles. The van der Waals surface area contributed by atoms with Gasteiger partial charge in [-0.2, -0.15) is 13.2 Å². The molecule has 3 heterocycles. The largest absolute Gasteiger partial charge is 0.416 e. The lowest BCUT2D eigenvalue weighted by Crippen LogP contribution is -2.52. The minimum atomic E-state index is -4.43. The average Bonchev–Trinajstić information content (AvgIpc) is 2.89. The van der Waals surface area contributed by atoms with Gasteiger partial charge in [-0.1, -0.05) is 0 Å². The van der Waals surface area contributed by atoms with Crippen molar-refractivity contribution < 1.29 is 22.7 Å². The van der Waals surface area contributed by atoms with Crippen molar-refractivity contribution in [3.8, 4) is 0 Å². The van der Waals surface area contributed by atoms with Crippen LogP contribution in [0.4, 0.5) is 18.9 Å². The smallest absolute Gasteiger partial charge is 0.381 e. The summed E-state index contributed by atoms with van der Waals surface area (Å²) in [4.78, 5) is 15.3. The lowest BCUT2D eigenvalue weighted by atomic mass is 9.83. The Kier molecular flexibility index (Phi) is 4.47. The highest BCUT2D eigenvalue weighted by molar-refractivity contribution is 6.13. The van der Waals surface area contributed by atoms with Crippen LogP contribution in [-0.2, 0) is 10.9 Å². The molecule has 0 aromatic heterocycles. The van der Waals surface area contributed by atoms with Gasteiger partial charge in [0.2, 0.25) is 0 Å². The van der Waals surface area contributed by atoms with Crippen LogP contribution in [0, 0.1) is 5.92 Å². The summed E-state index contributed by atoms with van der Waals surface area (Å²) < 4.78 is 44.2. The number of carbonyl (C=O) groups excluding carboxylic acids is 1. The van der Waals surface area contributed by atoms with Crippen LogP contribution in [0.25, 0.3) is 0 Å². The van der Waals surface area contributed by atoms with E-state index >= 15 is 0 Å². The number of nitrogens with one attached hydrogen (secondary N) is 1. The number of hydrogen-bond acceptors (Lipinski definition) is 4. The number of nitrogens with zero attached hydrogens (tertiary/aromatic N) is 1. The minimum Gasteiger partial charge on any atom is -0.381 e. The second kappa shape index (κ2) is 6.53. The fraction of sp³-hybridized carbons (Fsp3) is 0.632. The SMILES string of the molecule is O=C1c2cc(C(F)(F)F)ccc2NC12CCN(CC1CCOCC1)CC2. The second-order valence-electron chi connectivity index (χ2n) is 7.65. The van der Waals surface area contributed by atoms with Gasteiger partial charge in [0, 0.05) is 44.1 Å². The van der Waals surface area contributed by atoms with Crippen molar-refractivity contribution in [2.24, 2.45) is 5.92 Å². The summed E-state index contributed by atoms with van der Waals surface area (Å²) in [6.45, 7) is 4.23. The van der Waals surface area contributed by atoms with Gasteiger partial charge in [-0.05, 0) is 49.8 Å². The number of hydrogen-bond donors (Lipinski definition) is 1. The number of ketones is 1. The van der Waals surface area contributed by atoms with Gasteiger partial charge in [0.1, 0.15) is 5.54 Å². The van der Waals surface area contributed by atoms with Crippen LogP contribution in [0.1, 0.15) is 41.6 Å². The van der Waals surface area contributed by atoms with E-state index in [0.717, 1.165) is 57.8 Å². The highest BCUT2D eigenvalue weighted by atomic mass is 19.4. The van der Waals surface area contributed by atoms with Crippen molar-refractivity contribution in [3.63, 3.8) is 0 Å². The molecular weight excluding hydrogens is 345 g/mol. The molecule has 0 unspecified atom stereocenters. The first-order chi connectivity index (χ1) is 12.4. The van der Waals surface area contributed by atoms with E-state index in [9.17, 15) is 18.0 Å². The zero-order valence-corrected chi connectivity index (χ0v) is 14.6. The number of benzene rings is 1. The van der Waals surface area contributed by atoms with Crippen LogP contribution in [-0.4, -0.2) is 49.1 Å². The number of rotatable bonds is 2. The van der Waals surface area contributed by atoms with Crippen LogP contribution in [0.2, 0.25) is 0 Å². The maximum absolute atomic E-state index is 12.9. The molecule has 4 nitrogen and oxygen atoms in total. The number of piperidine rings is 1. The first kappa shape index (κ1) is 17.8. The third-order valence-corrected chi connectivity index (χ3v) is 5.97. The molecule has 1 spiro atoms. The van der Waals surface area contributed by atoms with Gasteiger partial charge in [0.25, 0.3) is 0 Å². The number of halogens is 3. The normalized spacial score (nSPS) is 23.9. The van der Waals surface area contributed by atoms with E-state index in [0.29, 0.717) is 24.4 Å². The summed E-state index contributed by atoms with van der Waals surface area (Å²) in [6.07, 6.45) is -1.02. The molecule has 26 heavy (non-hydrogen) atoms. The molecule has 4 rings (SSSR count). The number of fused-ring (bicyclic) bond motifs is 1. The minimum absolute atomic E-state index is 0.178. The molecule has 2 fully saturated rings. The molecule has 7 heteroatoms. The van der Waals surface area contributed by atoms with Gasteiger partial charge < -0.3 is 15.0 Å². The molecule has 2 saturated heterocycles. The molecule has 0 radical (unpaired) electrons. The number of carbonyl (C=O) groups is 1. The van der Waals surface area contributed by atoms with E-state index in [1.54, 1.807) is 0 Å². The lowest BCUT2D eigenvalue weighted by Gasteiger charge is -2.40. The first-order valence-corrected chi connectivity index (χ1v) is 9.22. The Morgan fingerprint density at radius 3 is 2.54 bits per heavy atom. The van der Waals surface area contributed by atoms with Gasteiger partial charge >= 0.3 is 6.18 Å². The Bertz CT molecular complexity index is 691. The fourth-order valence-electron chi connectivity index (χ4n) is 4.35. The van der Waals surface area contributed by atoms with Gasteiger partial charge in [-0.3, -0.25) is 4.79 Å². The summed E-state index contributed by atoms with van der Waals surface area (Å²) >= 11 is 0. The maximum Gasteiger partial charge on any atom is 0.416 e. The quantitative estimate of drug-likeness (QED) is 0.867. The summed E-state index contributed by atoms with van der Waals surface area (Å²) in [6, 6.07) is 3.42. The second-order valence-corrected chi connectivity index (χ2v) is 7.65. The van der Waals surface area contributed by atoms with Crippen molar-refractivity contribution in [1.82, 2.24) is 4.90 Å². The molecule has 3 aliphatic rings. The third kappa shape index (κ3) is 3.22. The molecule has 142 valence electrons. The molecule has 0 bridgehead atoms. The zero-order valence-electron chi connectivity index (χ0n) is 14.6. The van der Waals surface area contributed by atoms with E-state index in [1.807, 2.05) is 0 Å². The number of Topliss-reactive ketones (excluding diaryl/α,β-unsaturated/α-hetero) is 1. The van der Waals surface area contributed by atoms with Crippen LogP contribution >= 0.6 is 0 Å². The number of alkyl halides is 3. The molecule has 0 saturated carbocycles. The summed E-state index contributed by atoms with van der Waals surface area (Å²) in [5.74, 6) is 0.445. The molecule has 1 N–H and O–H groups in total. The lowest BCUT2D eigenvalue weighted by molar-refractivity contribution is -0.137. The Morgan fingerprint density at radius 1 is 1.19 bits per heavy atom. The van der Waals surface area contributed by atoms with Crippen molar-refractivity contribution in [2.75, 3.05) is 38.2 Å². The van der Waals surface area contributed by atoms with Crippen molar-refractivity contribution in [1.29, 1.82) is 0 Å². The van der Waals surface area contributed by atoms with Gasteiger partial charge in [-0.25, -0.2) is 0 Å². The average molecular weight is 368 g/mol. The fourth-order valence-corrected chi connectivity index (χ4v) is 4.35. The van der Waals surface area contributed by atoms with E-state index in [1.165, 1.54) is 6.07 Å². The topological polar surface area (TPSA) is 41.6 Å². The van der Waals surface area contributed by atoms with Crippen LogP contribution in [0.5, 0.6) is 0 Å². The number of anilines is 1. The molecular formula is C19H23F3N2O2. The zero-order chi connectivity index (χ0) is 18.4. The maximum atomic E-state index is 12.9. The van der Waals surface area contributed by atoms with Crippen molar-refractivity contribution in [3.05, 3.63) is 29.3 Å². The molecule has 1 aromatic rings. The molecule has 0 atom stereocenters. The highest BCUT2D eigenvalue weighted by Gasteiger charge is 2.48. The molecule has 1 aromatic carbocycles. The summed E-state index contributed by atoms with van der Waals surface area (Å²) in [5, 5.41) is 3.24. The molecule has 0 amide bonds. The van der Waals surface area contributed by atoms with E-state index in [-0.39, 0.29) is 11.3 Å². The highest BCUT2D eigenvalue weighted by Crippen LogP contribution is 2.41. The summed E-state index contributed by atoms with van der Waals surface area (Å²) in [5.41, 5.74) is -0.794. The predicted molar refractivity (Wildman–Crippen MR) is 91.3 cm³/mol. The summed E-state index contributed by atoms with van der Waals surface area (Å²) in [7, 11) is 0. The molecule has 0 aliphatic carbocycles. The Morgan fingerprint density at radius 2 is 1.88 bits per heavy atom. The van der Waals surface area contributed by atoms with Crippen LogP contribution < -0.4 is 5.32 Å². The van der Waals surface area contributed by atoms with Crippen molar-refractivity contribution >= 4 is 11.5 Å². The Balaban J connectivity index is 1.43. The Labute approximate surface area is 150 Å². The number of likely N-dealkylation sites (tertiary alicyclic amines) is 1.